The molecular weight excluding hydrogens is 1130 g/mol. The molecule has 0 amide bonds. The number of carbonyl (C=O) groups is 1. The number of rotatable bonds is 14. The van der Waals surface area contributed by atoms with Gasteiger partial charge in [0, 0.05) is 5.41 Å². The van der Waals surface area contributed by atoms with Gasteiger partial charge in [-0.15, -0.1) is 0 Å². The summed E-state index contributed by atoms with van der Waals surface area (Å²) in [4.78, 5) is 15.6. The van der Waals surface area contributed by atoms with Crippen LogP contribution in [0.15, 0.2) is 11.6 Å². The maximum absolute atomic E-state index is 15.6. The van der Waals surface area contributed by atoms with E-state index in [1.165, 1.54) is 6.92 Å². The molecule has 5 aliphatic carbocycles. The first kappa shape index (κ1) is 66.1. The van der Waals surface area contributed by atoms with Gasteiger partial charge in [-0.2, -0.15) is 0 Å². The summed E-state index contributed by atoms with van der Waals surface area (Å²) >= 11 is 0. The zero-order valence-electron chi connectivity index (χ0n) is 49.3. The molecule has 0 aromatic rings. The fourth-order valence-corrected chi connectivity index (χ4v) is 17.5. The minimum atomic E-state index is -2.19. The van der Waals surface area contributed by atoms with Crippen LogP contribution in [-0.2, 0) is 52.2 Å². The van der Waals surface area contributed by atoms with Crippen molar-refractivity contribution in [3.63, 3.8) is 0 Å². The standard InChI is InChI=1S/C58H94O27/c1-24-41(81-46-38(70)33(65)28(64)20-76-46)42(82-50-44(73)58(75,22-62)23-77-50)40(72)48(78-24)83-43-37(69)35(67)30(19-60)80-49(43)85-51(74)57-14-12-52(2,3)16-26(57)25-8-9-32-53(4)17-27(63)45(84-47-39(71)36(68)34(66)29(18-59)79-47)54(5,21-61)31(53)10-11-56(32,7)55(25,6)13-15-57/h8,24,26-50,59-73,75H,9-23H2,1-7H3. The maximum Gasteiger partial charge on any atom is 0.315 e. The molecule has 4 saturated carbocycles. The highest BCUT2D eigenvalue weighted by molar-refractivity contribution is 5.79. The van der Waals surface area contributed by atoms with Gasteiger partial charge in [-0.25, -0.2) is 0 Å². The molecular formula is C58H94O27. The van der Waals surface area contributed by atoms with Gasteiger partial charge in [0.05, 0.1) is 63.4 Å². The van der Waals surface area contributed by atoms with E-state index in [0.29, 0.717) is 51.4 Å². The normalized spacial score (nSPS) is 55.1. The molecule has 488 valence electrons. The van der Waals surface area contributed by atoms with E-state index < -0.39 is 220 Å². The average Bonchev–Trinajstić information content (AvgIpc) is 0.996. The van der Waals surface area contributed by atoms with E-state index in [2.05, 4.69) is 40.7 Å². The molecule has 5 heterocycles. The van der Waals surface area contributed by atoms with Crippen molar-refractivity contribution in [1.82, 2.24) is 0 Å². The van der Waals surface area contributed by atoms with Crippen LogP contribution < -0.4 is 0 Å². The van der Waals surface area contributed by atoms with Gasteiger partial charge in [0.15, 0.2) is 31.3 Å². The summed E-state index contributed by atoms with van der Waals surface area (Å²) in [6.07, 6.45) is -30.9. The first-order valence-electron chi connectivity index (χ1n) is 30.2. The van der Waals surface area contributed by atoms with Crippen LogP contribution in [0, 0.1) is 50.2 Å². The minimum absolute atomic E-state index is 0.0604. The predicted octanol–water partition coefficient (Wildman–Crippen LogP) is -3.96. The molecule has 32 unspecified atom stereocenters. The van der Waals surface area contributed by atoms with Crippen LogP contribution in [0.2, 0.25) is 0 Å². The Hall–Kier alpha value is -1.79. The molecule has 0 radical (unpaired) electrons. The van der Waals surface area contributed by atoms with Crippen molar-refractivity contribution in [1.29, 1.82) is 0 Å². The summed E-state index contributed by atoms with van der Waals surface area (Å²) in [6.45, 7) is 10.4. The van der Waals surface area contributed by atoms with Crippen LogP contribution >= 0.6 is 0 Å². The van der Waals surface area contributed by atoms with Crippen molar-refractivity contribution in [3.05, 3.63) is 11.6 Å². The van der Waals surface area contributed by atoms with Gasteiger partial charge >= 0.3 is 5.97 Å². The summed E-state index contributed by atoms with van der Waals surface area (Å²) in [5, 5.41) is 175. The molecule has 0 aromatic heterocycles. The van der Waals surface area contributed by atoms with Gasteiger partial charge in [-0.05, 0) is 104 Å². The number of hydrogen-bond donors (Lipinski definition) is 16. The van der Waals surface area contributed by atoms with Crippen LogP contribution in [0.1, 0.15) is 106 Å². The van der Waals surface area contributed by atoms with E-state index in [0.717, 1.165) is 5.57 Å². The summed E-state index contributed by atoms with van der Waals surface area (Å²) in [5.41, 5.74) is -5.17. The van der Waals surface area contributed by atoms with E-state index in [4.69, 9.17) is 47.4 Å². The van der Waals surface area contributed by atoms with Crippen molar-refractivity contribution in [2.75, 3.05) is 39.6 Å². The fraction of sp³-hybridized carbons (Fsp3) is 0.948. The molecule has 0 spiro atoms. The number of aliphatic hydroxyl groups excluding tert-OH is 15. The number of fused-ring (bicyclic) bond motifs is 7. The van der Waals surface area contributed by atoms with E-state index in [1.54, 1.807) is 0 Å². The number of aliphatic hydroxyl groups is 16. The molecule has 0 bridgehead atoms. The van der Waals surface area contributed by atoms with Crippen LogP contribution in [0.4, 0.5) is 0 Å². The Labute approximate surface area is 493 Å². The number of allylic oxidation sites excluding steroid dienone is 2. The summed E-state index contributed by atoms with van der Waals surface area (Å²) in [7, 11) is 0. The first-order chi connectivity index (χ1) is 39.8. The van der Waals surface area contributed by atoms with Crippen molar-refractivity contribution in [2.24, 2.45) is 50.2 Å². The molecule has 16 N–H and O–H groups in total. The lowest BCUT2D eigenvalue weighted by Crippen LogP contribution is -2.69. The third-order valence-corrected chi connectivity index (χ3v) is 22.9. The van der Waals surface area contributed by atoms with Gasteiger partial charge in [0.25, 0.3) is 0 Å². The predicted molar refractivity (Wildman–Crippen MR) is 285 cm³/mol. The van der Waals surface area contributed by atoms with Crippen molar-refractivity contribution in [2.45, 2.75) is 253 Å². The summed E-state index contributed by atoms with van der Waals surface area (Å²) < 4.78 is 60.1. The quantitative estimate of drug-likeness (QED) is 0.0448. The Balaban J connectivity index is 0.917. The van der Waals surface area contributed by atoms with Gasteiger partial charge in [-0.3, -0.25) is 4.79 Å². The monoisotopic (exact) mass is 1220 g/mol. The average molecular weight is 1220 g/mol. The number of esters is 1. The van der Waals surface area contributed by atoms with Crippen LogP contribution in [-0.4, -0.2) is 274 Å². The molecule has 5 saturated heterocycles. The van der Waals surface area contributed by atoms with Crippen molar-refractivity contribution < 1.29 is 134 Å². The Bertz CT molecular complexity index is 2390. The van der Waals surface area contributed by atoms with Crippen molar-refractivity contribution >= 4 is 5.97 Å². The lowest BCUT2D eigenvalue weighted by atomic mass is 9.33. The second kappa shape index (κ2) is 24.0. The maximum atomic E-state index is 15.6. The third-order valence-electron chi connectivity index (χ3n) is 22.9. The third kappa shape index (κ3) is 10.8. The molecule has 85 heavy (non-hydrogen) atoms. The van der Waals surface area contributed by atoms with Gasteiger partial charge in [0.2, 0.25) is 6.29 Å². The Morgan fingerprint density at radius 3 is 1.85 bits per heavy atom. The smallest absolute Gasteiger partial charge is 0.315 e. The second-order valence-electron chi connectivity index (χ2n) is 28.3. The number of ether oxygens (including phenoxy) is 10. The Morgan fingerprint density at radius 1 is 0.588 bits per heavy atom. The molecule has 10 rings (SSSR count). The molecule has 0 aromatic carbocycles. The molecule has 27 nitrogen and oxygen atoms in total. The Morgan fingerprint density at radius 2 is 1.20 bits per heavy atom. The van der Waals surface area contributed by atoms with E-state index >= 15 is 4.79 Å². The van der Waals surface area contributed by atoms with Crippen LogP contribution in [0.25, 0.3) is 0 Å². The highest BCUT2D eigenvalue weighted by Crippen LogP contribution is 2.76. The number of carbonyl (C=O) groups excluding carboxylic acids is 1. The molecule has 32 atom stereocenters. The van der Waals surface area contributed by atoms with Crippen LogP contribution in [0.3, 0.4) is 0 Å². The molecule has 27 heteroatoms. The largest absolute Gasteiger partial charge is 0.432 e. The van der Waals surface area contributed by atoms with Crippen molar-refractivity contribution in [3.8, 4) is 0 Å². The SMILES string of the molecule is CC1OC(OC2C(OC(=O)C34CCC(C)(C)CC3C3=CCC5C6(C)CC(O)C(OC7OC(CO)C(O)C(O)C7O)C(C)(CO)C6CCC5(C)C3(C)CC4)OC(CO)C(O)C2O)C(O)C(OC2OCC(O)(CO)C2O)C1OC1OCC(O)C(O)C1O. The fourth-order valence-electron chi connectivity index (χ4n) is 17.5. The summed E-state index contributed by atoms with van der Waals surface area (Å²) in [5.74, 6) is -1.37. The molecule has 5 aliphatic heterocycles. The zero-order chi connectivity index (χ0) is 62.1. The lowest BCUT2D eigenvalue weighted by molar-refractivity contribution is -0.385. The molecule has 9 fully saturated rings. The van der Waals surface area contributed by atoms with Gasteiger partial charge in [-0.1, -0.05) is 53.2 Å². The van der Waals surface area contributed by atoms with Gasteiger partial charge < -0.3 is 129 Å². The van der Waals surface area contributed by atoms with E-state index in [1.807, 2.05) is 6.92 Å². The topological polar surface area (TPSA) is 433 Å². The second-order valence-corrected chi connectivity index (χ2v) is 28.3. The first-order valence-corrected chi connectivity index (χ1v) is 30.2. The Kier molecular flexibility index (Phi) is 18.7. The highest BCUT2D eigenvalue weighted by atomic mass is 16.8. The minimum Gasteiger partial charge on any atom is -0.432 e. The lowest BCUT2D eigenvalue weighted by Gasteiger charge is -2.72. The van der Waals surface area contributed by atoms with E-state index in [-0.39, 0.29) is 29.6 Å². The molecule has 10 aliphatic rings. The highest BCUT2D eigenvalue weighted by Gasteiger charge is 2.72. The zero-order valence-corrected chi connectivity index (χ0v) is 49.3. The van der Waals surface area contributed by atoms with Gasteiger partial charge in [0.1, 0.15) is 91.1 Å². The van der Waals surface area contributed by atoms with Crippen LogP contribution in [0.5, 0.6) is 0 Å². The summed E-state index contributed by atoms with van der Waals surface area (Å²) in [6, 6.07) is 0. The number of hydrogen-bond acceptors (Lipinski definition) is 27. The van der Waals surface area contributed by atoms with E-state index in [9.17, 15) is 81.7 Å².